The van der Waals surface area contributed by atoms with E-state index in [-0.39, 0.29) is 11.6 Å². The summed E-state index contributed by atoms with van der Waals surface area (Å²) in [5.74, 6) is -0.142. The smallest absolute Gasteiger partial charge is 0.130 e. The molecule has 2 aromatic carbocycles. The molecule has 0 saturated heterocycles. The third-order valence-electron chi connectivity index (χ3n) is 4.08. The number of hydrogen-bond donors (Lipinski definition) is 2. The van der Waals surface area contributed by atoms with Gasteiger partial charge in [0.15, 0.2) is 0 Å². The number of benzene rings is 2. The third kappa shape index (κ3) is 2.94. The quantitative estimate of drug-likeness (QED) is 0.579. The fourth-order valence-electron chi connectivity index (χ4n) is 2.91. The first-order valence-corrected chi connectivity index (χ1v) is 7.76. The second-order valence-corrected chi connectivity index (χ2v) is 5.63. The van der Waals surface area contributed by atoms with Crippen molar-refractivity contribution in [3.8, 4) is 0 Å². The van der Waals surface area contributed by atoms with Crippen LogP contribution in [0.25, 0.3) is 10.9 Å². The fraction of sp³-hybridized carbons (Fsp3) is 0.0526. The van der Waals surface area contributed by atoms with Crippen LogP contribution in [0.2, 0.25) is 0 Å². The first-order valence-electron chi connectivity index (χ1n) is 7.76. The third-order valence-corrected chi connectivity index (χ3v) is 4.08. The van der Waals surface area contributed by atoms with Gasteiger partial charge in [-0.2, -0.15) is 0 Å². The number of anilines is 1. The zero-order valence-electron chi connectivity index (χ0n) is 13.1. The van der Waals surface area contributed by atoms with Crippen molar-refractivity contribution in [3.05, 3.63) is 90.0 Å². The van der Waals surface area contributed by atoms with Crippen LogP contribution < -0.4 is 5.32 Å². The van der Waals surface area contributed by atoms with Crippen LogP contribution in [0, 0.1) is 11.6 Å². The molecule has 0 aliphatic rings. The van der Waals surface area contributed by atoms with Crippen LogP contribution >= 0.6 is 0 Å². The van der Waals surface area contributed by atoms with E-state index in [9.17, 15) is 8.78 Å². The standard InChI is InChI=1S/C19H14F2N4/c20-12-5-6-17-14(9-12)15(10-23-17)19(13-3-1-2-4-16(13)21)25-18-7-8-22-11-24-18/h1-11,19,23H,(H,22,24,25). The van der Waals surface area contributed by atoms with Gasteiger partial charge in [-0.05, 0) is 30.3 Å². The van der Waals surface area contributed by atoms with E-state index in [4.69, 9.17) is 0 Å². The molecule has 0 aliphatic carbocycles. The number of aromatic nitrogens is 3. The first kappa shape index (κ1) is 15.3. The average molecular weight is 336 g/mol. The van der Waals surface area contributed by atoms with Gasteiger partial charge in [-0.1, -0.05) is 18.2 Å². The van der Waals surface area contributed by atoms with Crippen molar-refractivity contribution in [2.75, 3.05) is 5.32 Å². The van der Waals surface area contributed by atoms with Gasteiger partial charge in [0.1, 0.15) is 23.8 Å². The van der Waals surface area contributed by atoms with Gasteiger partial charge in [-0.25, -0.2) is 18.7 Å². The number of hydrogen-bond acceptors (Lipinski definition) is 3. The van der Waals surface area contributed by atoms with Crippen LogP contribution in [0.5, 0.6) is 0 Å². The zero-order chi connectivity index (χ0) is 17.2. The van der Waals surface area contributed by atoms with Crippen molar-refractivity contribution in [2.45, 2.75) is 6.04 Å². The maximum atomic E-state index is 14.5. The Kier molecular flexibility index (Phi) is 3.85. The highest BCUT2D eigenvalue weighted by Gasteiger charge is 2.21. The summed E-state index contributed by atoms with van der Waals surface area (Å²) < 4.78 is 28.2. The Bertz CT molecular complexity index is 1010. The van der Waals surface area contributed by atoms with Gasteiger partial charge < -0.3 is 10.3 Å². The van der Waals surface area contributed by atoms with Crippen LogP contribution in [-0.4, -0.2) is 15.0 Å². The number of nitrogens with one attached hydrogen (secondary N) is 2. The predicted molar refractivity (Wildman–Crippen MR) is 92.2 cm³/mol. The molecule has 2 heterocycles. The van der Waals surface area contributed by atoms with Gasteiger partial charge in [0, 0.05) is 34.4 Å². The van der Waals surface area contributed by atoms with Gasteiger partial charge in [0.05, 0.1) is 6.04 Å². The Labute approximate surface area is 142 Å². The van der Waals surface area contributed by atoms with E-state index in [1.165, 1.54) is 24.5 Å². The van der Waals surface area contributed by atoms with Crippen LogP contribution in [0.4, 0.5) is 14.6 Å². The van der Waals surface area contributed by atoms with Gasteiger partial charge in [-0.3, -0.25) is 0 Å². The summed E-state index contributed by atoms with van der Waals surface area (Å²) in [4.78, 5) is 11.1. The number of nitrogens with zero attached hydrogens (tertiary/aromatic N) is 2. The molecule has 4 aromatic rings. The Morgan fingerprint density at radius 1 is 1.00 bits per heavy atom. The summed E-state index contributed by atoms with van der Waals surface area (Å²) in [6.45, 7) is 0. The Morgan fingerprint density at radius 2 is 1.88 bits per heavy atom. The highest BCUT2D eigenvalue weighted by Crippen LogP contribution is 2.33. The maximum absolute atomic E-state index is 14.5. The minimum absolute atomic E-state index is 0.345. The predicted octanol–water partition coefficient (Wildman–Crippen LogP) is 4.44. The number of rotatable bonds is 4. The fourth-order valence-corrected chi connectivity index (χ4v) is 2.91. The number of halogens is 2. The lowest BCUT2D eigenvalue weighted by molar-refractivity contribution is 0.604. The molecule has 2 N–H and O–H groups in total. The highest BCUT2D eigenvalue weighted by atomic mass is 19.1. The lowest BCUT2D eigenvalue weighted by Gasteiger charge is -2.20. The lowest BCUT2D eigenvalue weighted by Crippen LogP contribution is -2.14. The monoisotopic (exact) mass is 336 g/mol. The molecular weight excluding hydrogens is 322 g/mol. The van der Waals surface area contributed by atoms with Crippen LogP contribution in [0.1, 0.15) is 17.2 Å². The van der Waals surface area contributed by atoms with Gasteiger partial charge >= 0.3 is 0 Å². The average Bonchev–Trinajstić information content (AvgIpc) is 3.04. The van der Waals surface area contributed by atoms with Gasteiger partial charge in [0.2, 0.25) is 0 Å². The molecule has 0 fully saturated rings. The highest BCUT2D eigenvalue weighted by molar-refractivity contribution is 5.84. The zero-order valence-corrected chi connectivity index (χ0v) is 13.1. The molecule has 6 heteroatoms. The Hall–Kier alpha value is -3.28. The minimum Gasteiger partial charge on any atom is -0.361 e. The SMILES string of the molecule is Fc1ccc2[nH]cc(C(Nc3ccncn3)c3ccccc3F)c2c1. The second kappa shape index (κ2) is 6.32. The van der Waals surface area contributed by atoms with Crippen molar-refractivity contribution < 1.29 is 8.78 Å². The molecule has 2 aromatic heterocycles. The van der Waals surface area contributed by atoms with E-state index < -0.39 is 6.04 Å². The molecule has 4 nitrogen and oxygen atoms in total. The van der Waals surface area contributed by atoms with E-state index >= 15 is 0 Å². The van der Waals surface area contributed by atoms with Gasteiger partial charge in [0.25, 0.3) is 0 Å². The molecule has 25 heavy (non-hydrogen) atoms. The molecule has 4 rings (SSSR count). The van der Waals surface area contributed by atoms with Crippen LogP contribution in [0.3, 0.4) is 0 Å². The molecule has 1 unspecified atom stereocenters. The molecule has 124 valence electrons. The largest absolute Gasteiger partial charge is 0.361 e. The first-order chi connectivity index (χ1) is 12.2. The number of aromatic amines is 1. The van der Waals surface area contributed by atoms with Crippen molar-refractivity contribution in [1.29, 1.82) is 0 Å². The molecule has 0 aliphatic heterocycles. The van der Waals surface area contributed by atoms with Gasteiger partial charge in [-0.15, -0.1) is 0 Å². The topological polar surface area (TPSA) is 53.6 Å². The minimum atomic E-state index is -0.536. The molecule has 0 amide bonds. The Balaban J connectivity index is 1.87. The van der Waals surface area contributed by atoms with Crippen molar-refractivity contribution in [1.82, 2.24) is 15.0 Å². The molecule has 0 bridgehead atoms. The summed E-state index contributed by atoms with van der Waals surface area (Å²) in [6.07, 6.45) is 4.77. The van der Waals surface area contributed by atoms with E-state index in [0.717, 1.165) is 11.1 Å². The second-order valence-electron chi connectivity index (χ2n) is 5.63. The molecule has 0 spiro atoms. The molecule has 0 radical (unpaired) electrons. The molecule has 1 atom stereocenters. The number of fused-ring (bicyclic) bond motifs is 1. The van der Waals surface area contributed by atoms with E-state index in [1.54, 1.807) is 42.7 Å². The van der Waals surface area contributed by atoms with Crippen LogP contribution in [0.15, 0.2) is 67.3 Å². The summed E-state index contributed by atoms with van der Waals surface area (Å²) in [7, 11) is 0. The maximum Gasteiger partial charge on any atom is 0.130 e. The van der Waals surface area contributed by atoms with Crippen molar-refractivity contribution in [2.24, 2.45) is 0 Å². The normalized spacial score (nSPS) is 12.2. The van der Waals surface area contributed by atoms with Crippen molar-refractivity contribution >= 4 is 16.7 Å². The summed E-state index contributed by atoms with van der Waals surface area (Å²) in [5, 5.41) is 3.91. The molecule has 0 saturated carbocycles. The lowest BCUT2D eigenvalue weighted by atomic mass is 9.97. The Morgan fingerprint density at radius 3 is 2.68 bits per heavy atom. The molecular formula is C19H14F2N4. The van der Waals surface area contributed by atoms with Crippen LogP contribution in [-0.2, 0) is 0 Å². The van der Waals surface area contributed by atoms with E-state index in [0.29, 0.717) is 16.8 Å². The summed E-state index contributed by atoms with van der Waals surface area (Å²) >= 11 is 0. The van der Waals surface area contributed by atoms with E-state index in [2.05, 4.69) is 20.3 Å². The number of H-pyrrole nitrogens is 1. The van der Waals surface area contributed by atoms with Crippen molar-refractivity contribution in [3.63, 3.8) is 0 Å². The summed E-state index contributed by atoms with van der Waals surface area (Å²) in [6, 6.07) is 12.2. The summed E-state index contributed by atoms with van der Waals surface area (Å²) in [5.41, 5.74) is 1.96. The van der Waals surface area contributed by atoms with E-state index in [1.807, 2.05) is 0 Å².